The predicted molar refractivity (Wildman–Crippen MR) is 172 cm³/mol. The van der Waals surface area contributed by atoms with E-state index in [9.17, 15) is 9.59 Å². The summed E-state index contributed by atoms with van der Waals surface area (Å²) in [4.78, 5) is 26.5. The number of carbonyl (C=O) groups is 2. The van der Waals surface area contributed by atoms with Crippen molar-refractivity contribution >= 4 is 17.6 Å². The third-order valence-corrected chi connectivity index (χ3v) is 7.67. The summed E-state index contributed by atoms with van der Waals surface area (Å²) in [6.07, 6.45) is 3.12. The van der Waals surface area contributed by atoms with E-state index >= 15 is 0 Å². The van der Waals surface area contributed by atoms with Crippen LogP contribution in [-0.2, 0) is 21.4 Å². The lowest BCUT2D eigenvalue weighted by Crippen LogP contribution is -2.30. The molecule has 0 aliphatic heterocycles. The minimum absolute atomic E-state index is 0.0495. The first-order valence-corrected chi connectivity index (χ1v) is 15.1. The molecule has 0 saturated heterocycles. The summed E-state index contributed by atoms with van der Waals surface area (Å²) in [7, 11) is 0. The highest BCUT2D eigenvalue weighted by atomic mass is 16.5. The lowest BCUT2D eigenvalue weighted by molar-refractivity contribution is -0.116. The molecule has 0 bridgehead atoms. The van der Waals surface area contributed by atoms with Gasteiger partial charge in [0.15, 0.2) is 0 Å². The first-order chi connectivity index (χ1) is 19.5. The molecule has 3 aromatic rings. The van der Waals surface area contributed by atoms with Crippen molar-refractivity contribution in [2.75, 3.05) is 24.6 Å². The zero-order chi connectivity index (χ0) is 30.2. The molecule has 5 nitrogen and oxygen atoms in total. The maximum absolute atomic E-state index is 12.5. The Labute approximate surface area is 247 Å². The van der Waals surface area contributed by atoms with E-state index in [0.29, 0.717) is 24.8 Å². The number of nitrogens with zero attached hydrogens (tertiary/aromatic N) is 1. The van der Waals surface area contributed by atoms with Crippen LogP contribution in [-0.4, -0.2) is 37.6 Å². The number of carbonyl (C=O) groups excluding carboxylic acids is 2. The molecule has 0 aromatic heterocycles. The van der Waals surface area contributed by atoms with Crippen LogP contribution in [0.25, 0.3) is 22.3 Å². The van der Waals surface area contributed by atoms with Gasteiger partial charge in [-0.05, 0) is 116 Å². The van der Waals surface area contributed by atoms with Crippen LogP contribution in [0.4, 0.5) is 5.69 Å². The molecule has 0 spiro atoms. The number of anilines is 1. The summed E-state index contributed by atoms with van der Waals surface area (Å²) < 4.78 is 5.15. The van der Waals surface area contributed by atoms with Crippen molar-refractivity contribution in [2.24, 2.45) is 0 Å². The van der Waals surface area contributed by atoms with E-state index in [1.807, 2.05) is 43.0 Å². The molecule has 1 unspecified atom stereocenters. The van der Waals surface area contributed by atoms with E-state index in [2.05, 4.69) is 76.3 Å². The van der Waals surface area contributed by atoms with Crippen LogP contribution in [0.1, 0.15) is 89.7 Å². The minimum Gasteiger partial charge on any atom is -0.462 e. The van der Waals surface area contributed by atoms with Gasteiger partial charge in [0.05, 0.1) is 12.2 Å². The standard InChI is InChI=1S/C36H48N2O3/c1-9-25(4)37-22-12-13-28-16-19-30(27-14-17-29(18-15-27)35(40)41-11-3)23-32(28)31-20-21-34(38(10-2)26(5)39)33(24-31)36(6,7)8/h14-21,23-25,37H,9-13,22H2,1-8H3. The molecule has 41 heavy (non-hydrogen) atoms. The van der Waals surface area contributed by atoms with E-state index in [1.165, 1.54) is 11.1 Å². The zero-order valence-electron chi connectivity index (χ0n) is 26.3. The molecule has 3 aromatic carbocycles. The summed E-state index contributed by atoms with van der Waals surface area (Å²) in [5, 5.41) is 3.61. The number of ether oxygens (including phenoxy) is 1. The molecule has 1 atom stereocenters. The van der Waals surface area contributed by atoms with Gasteiger partial charge in [0.25, 0.3) is 0 Å². The lowest BCUT2D eigenvalue weighted by Gasteiger charge is -2.30. The van der Waals surface area contributed by atoms with E-state index in [1.54, 1.807) is 6.92 Å². The van der Waals surface area contributed by atoms with E-state index in [0.717, 1.165) is 53.7 Å². The highest BCUT2D eigenvalue weighted by Gasteiger charge is 2.24. The van der Waals surface area contributed by atoms with Gasteiger partial charge in [-0.25, -0.2) is 4.79 Å². The largest absolute Gasteiger partial charge is 0.462 e. The second-order valence-corrected chi connectivity index (χ2v) is 11.8. The Balaban J connectivity index is 2.08. The SMILES string of the molecule is CCOC(=O)c1ccc(-c2ccc(CCCNC(C)CC)c(-c3ccc(N(CC)C(C)=O)c(C(C)(C)C)c3)c2)cc1. The molecule has 0 fully saturated rings. The molecular formula is C36H48N2O3. The van der Waals surface area contributed by atoms with Crippen LogP contribution in [0.3, 0.4) is 0 Å². The molecule has 0 heterocycles. The van der Waals surface area contributed by atoms with Gasteiger partial charge in [-0.15, -0.1) is 0 Å². The Hall–Kier alpha value is -3.44. The van der Waals surface area contributed by atoms with E-state index in [4.69, 9.17) is 4.74 Å². The van der Waals surface area contributed by atoms with Crippen molar-refractivity contribution in [3.05, 3.63) is 77.4 Å². The third-order valence-electron chi connectivity index (χ3n) is 7.67. The fraction of sp³-hybridized carbons (Fsp3) is 0.444. The monoisotopic (exact) mass is 556 g/mol. The third kappa shape index (κ3) is 8.29. The first-order valence-electron chi connectivity index (χ1n) is 15.1. The summed E-state index contributed by atoms with van der Waals surface area (Å²) in [5.74, 6) is -0.254. The topological polar surface area (TPSA) is 58.6 Å². The van der Waals surface area contributed by atoms with Gasteiger partial charge in [-0.1, -0.05) is 58.0 Å². The minimum atomic E-state index is -0.303. The lowest BCUT2D eigenvalue weighted by atomic mass is 9.82. The number of benzene rings is 3. The van der Waals surface area contributed by atoms with Crippen molar-refractivity contribution in [2.45, 2.75) is 86.1 Å². The average Bonchev–Trinajstić information content (AvgIpc) is 2.95. The Kier molecular flexibility index (Phi) is 11.3. The second kappa shape index (κ2) is 14.5. The first kappa shape index (κ1) is 32.1. The summed E-state index contributed by atoms with van der Waals surface area (Å²) in [6.45, 7) is 18.5. The van der Waals surface area contributed by atoms with E-state index < -0.39 is 0 Å². The highest BCUT2D eigenvalue weighted by molar-refractivity contribution is 5.93. The Bertz CT molecular complexity index is 1320. The molecule has 0 aliphatic rings. The molecule has 5 heteroatoms. The Morgan fingerprint density at radius 3 is 2.15 bits per heavy atom. The Morgan fingerprint density at radius 2 is 1.56 bits per heavy atom. The van der Waals surface area contributed by atoms with Crippen molar-refractivity contribution in [1.29, 1.82) is 0 Å². The van der Waals surface area contributed by atoms with Crippen LogP contribution < -0.4 is 10.2 Å². The van der Waals surface area contributed by atoms with Gasteiger partial charge < -0.3 is 15.0 Å². The van der Waals surface area contributed by atoms with Gasteiger partial charge in [0.1, 0.15) is 0 Å². The van der Waals surface area contributed by atoms with Crippen LogP contribution >= 0.6 is 0 Å². The maximum Gasteiger partial charge on any atom is 0.338 e. The summed E-state index contributed by atoms with van der Waals surface area (Å²) >= 11 is 0. The van der Waals surface area contributed by atoms with Crippen LogP contribution in [0.2, 0.25) is 0 Å². The molecule has 220 valence electrons. The molecule has 0 aliphatic carbocycles. The molecular weight excluding hydrogens is 508 g/mol. The van der Waals surface area contributed by atoms with Gasteiger partial charge >= 0.3 is 5.97 Å². The smallest absolute Gasteiger partial charge is 0.338 e. The van der Waals surface area contributed by atoms with Crippen LogP contribution in [0.5, 0.6) is 0 Å². The summed E-state index contributed by atoms with van der Waals surface area (Å²) in [5.41, 5.74) is 8.32. The molecule has 1 amide bonds. The number of nitrogens with one attached hydrogen (secondary N) is 1. The van der Waals surface area contributed by atoms with E-state index in [-0.39, 0.29) is 17.3 Å². The van der Waals surface area contributed by atoms with Gasteiger partial charge in [0, 0.05) is 25.2 Å². The fourth-order valence-corrected chi connectivity index (χ4v) is 5.13. The average molecular weight is 557 g/mol. The fourth-order valence-electron chi connectivity index (χ4n) is 5.13. The number of amides is 1. The second-order valence-electron chi connectivity index (χ2n) is 11.8. The van der Waals surface area contributed by atoms with Gasteiger partial charge in [-0.3, -0.25) is 4.79 Å². The zero-order valence-corrected chi connectivity index (χ0v) is 26.3. The molecule has 3 rings (SSSR count). The van der Waals surface area contributed by atoms with Gasteiger partial charge in [0.2, 0.25) is 5.91 Å². The Morgan fingerprint density at radius 1 is 0.902 bits per heavy atom. The number of aryl methyl sites for hydroxylation is 1. The van der Waals surface area contributed by atoms with Crippen molar-refractivity contribution in [3.63, 3.8) is 0 Å². The molecule has 0 saturated carbocycles. The predicted octanol–water partition coefficient (Wildman–Crippen LogP) is 8.19. The van der Waals surface area contributed by atoms with Crippen LogP contribution in [0, 0.1) is 0 Å². The number of rotatable bonds is 12. The van der Waals surface area contributed by atoms with Crippen molar-refractivity contribution < 1.29 is 14.3 Å². The molecule has 1 N–H and O–H groups in total. The van der Waals surface area contributed by atoms with Crippen molar-refractivity contribution in [1.82, 2.24) is 5.32 Å². The maximum atomic E-state index is 12.5. The normalized spacial score (nSPS) is 12.2. The summed E-state index contributed by atoms with van der Waals surface area (Å²) in [6, 6.07) is 21.3. The molecule has 0 radical (unpaired) electrons. The number of hydrogen-bond donors (Lipinski definition) is 1. The quantitative estimate of drug-likeness (QED) is 0.180. The highest BCUT2D eigenvalue weighted by Crippen LogP contribution is 2.38. The van der Waals surface area contributed by atoms with Crippen molar-refractivity contribution in [3.8, 4) is 22.3 Å². The number of hydrogen-bond acceptors (Lipinski definition) is 4. The van der Waals surface area contributed by atoms with Gasteiger partial charge in [-0.2, -0.15) is 0 Å². The number of esters is 1. The van der Waals surface area contributed by atoms with Crippen LogP contribution in [0.15, 0.2) is 60.7 Å².